The summed E-state index contributed by atoms with van der Waals surface area (Å²) in [5.74, 6) is -0.994. The van der Waals surface area contributed by atoms with Crippen LogP contribution in [0.5, 0.6) is 0 Å². The van der Waals surface area contributed by atoms with E-state index < -0.39 is 6.04 Å². The lowest BCUT2D eigenvalue weighted by molar-refractivity contribution is -0.140. The molecule has 0 saturated carbocycles. The third-order valence-corrected chi connectivity index (χ3v) is 6.45. The van der Waals surface area contributed by atoms with Gasteiger partial charge in [0.1, 0.15) is 6.04 Å². The van der Waals surface area contributed by atoms with E-state index in [1.165, 1.54) is 4.90 Å². The number of benzene rings is 2. The second kappa shape index (κ2) is 11.7. The van der Waals surface area contributed by atoms with Gasteiger partial charge in [0.2, 0.25) is 11.8 Å². The summed E-state index contributed by atoms with van der Waals surface area (Å²) in [6.45, 7) is 6.37. The first-order chi connectivity index (χ1) is 16.6. The fourth-order valence-corrected chi connectivity index (χ4v) is 4.31. The number of rotatable bonds is 10. The van der Waals surface area contributed by atoms with Crippen LogP contribution in [0.25, 0.3) is 0 Å². The highest BCUT2D eigenvalue weighted by Gasteiger charge is 2.35. The molecule has 9 heteroatoms. The van der Waals surface area contributed by atoms with Crippen molar-refractivity contribution in [3.05, 3.63) is 69.2 Å². The van der Waals surface area contributed by atoms with Crippen LogP contribution >= 0.6 is 23.2 Å². The zero-order valence-electron chi connectivity index (χ0n) is 20.0. The van der Waals surface area contributed by atoms with Gasteiger partial charge in [-0.2, -0.15) is 0 Å². The van der Waals surface area contributed by atoms with Crippen LogP contribution in [0.4, 0.5) is 0 Å². The summed E-state index contributed by atoms with van der Waals surface area (Å²) in [4.78, 5) is 53.8. The monoisotopic (exact) mass is 517 g/mol. The maximum atomic E-state index is 13.3. The lowest BCUT2D eigenvalue weighted by Gasteiger charge is -2.29. The number of nitrogens with zero attached hydrogens (tertiary/aromatic N) is 2. The lowest BCUT2D eigenvalue weighted by Crippen LogP contribution is -2.48. The van der Waals surface area contributed by atoms with Gasteiger partial charge < -0.3 is 10.2 Å². The molecule has 2 aromatic rings. The number of hydrogen-bond acceptors (Lipinski definition) is 4. The summed E-state index contributed by atoms with van der Waals surface area (Å²) < 4.78 is 0. The predicted octanol–water partition coefficient (Wildman–Crippen LogP) is 4.56. The van der Waals surface area contributed by atoms with Crippen LogP contribution < -0.4 is 5.32 Å². The van der Waals surface area contributed by atoms with Crippen LogP contribution in [0.2, 0.25) is 10.0 Å². The highest BCUT2D eigenvalue weighted by molar-refractivity contribution is 6.35. The summed E-state index contributed by atoms with van der Waals surface area (Å²) in [6.07, 6.45) is 0.329. The molecule has 4 amide bonds. The van der Waals surface area contributed by atoms with Crippen LogP contribution in [0.1, 0.15) is 59.9 Å². The van der Waals surface area contributed by atoms with Crippen molar-refractivity contribution < 1.29 is 19.2 Å². The first-order valence-corrected chi connectivity index (χ1v) is 12.3. The second-order valence-electron chi connectivity index (χ2n) is 8.98. The fraction of sp³-hybridized carbons (Fsp3) is 0.385. The van der Waals surface area contributed by atoms with Crippen molar-refractivity contribution in [1.82, 2.24) is 15.1 Å². The predicted molar refractivity (Wildman–Crippen MR) is 135 cm³/mol. The van der Waals surface area contributed by atoms with Crippen molar-refractivity contribution in [2.45, 2.75) is 46.2 Å². The Labute approximate surface area is 215 Å². The molecule has 0 radical (unpaired) electrons. The smallest absolute Gasteiger partial charge is 0.261 e. The Hall–Kier alpha value is -2.90. The third-order valence-electron chi connectivity index (χ3n) is 5.86. The molecule has 7 nitrogen and oxygen atoms in total. The van der Waals surface area contributed by atoms with E-state index in [-0.39, 0.29) is 55.5 Å². The maximum Gasteiger partial charge on any atom is 0.261 e. The van der Waals surface area contributed by atoms with Crippen LogP contribution in [-0.4, -0.2) is 52.6 Å². The zero-order chi connectivity index (χ0) is 25.7. The van der Waals surface area contributed by atoms with Crippen LogP contribution in [-0.2, 0) is 16.1 Å². The number of nitrogens with one attached hydrogen (secondary N) is 1. The van der Waals surface area contributed by atoms with Crippen molar-refractivity contribution >= 4 is 46.8 Å². The summed E-state index contributed by atoms with van der Waals surface area (Å²) in [5, 5.41) is 3.74. The van der Waals surface area contributed by atoms with E-state index in [1.807, 2.05) is 13.8 Å². The molecule has 0 aliphatic carbocycles. The second-order valence-corrected chi connectivity index (χ2v) is 9.83. The minimum absolute atomic E-state index is 0.0560. The number of carbonyl (C=O) groups is 4. The molecule has 0 aromatic heterocycles. The summed E-state index contributed by atoms with van der Waals surface area (Å²) in [6, 6.07) is 10.9. The summed E-state index contributed by atoms with van der Waals surface area (Å²) in [5.41, 5.74) is 1.41. The van der Waals surface area contributed by atoms with E-state index in [1.54, 1.807) is 49.4 Å². The Morgan fingerprint density at radius 3 is 2.20 bits per heavy atom. The maximum absolute atomic E-state index is 13.3. The Morgan fingerprint density at radius 1 is 1.00 bits per heavy atom. The van der Waals surface area contributed by atoms with Crippen LogP contribution in [0.15, 0.2) is 42.5 Å². The van der Waals surface area contributed by atoms with E-state index in [2.05, 4.69) is 5.32 Å². The summed E-state index contributed by atoms with van der Waals surface area (Å²) in [7, 11) is 0. The molecule has 1 heterocycles. The van der Waals surface area contributed by atoms with E-state index in [9.17, 15) is 19.2 Å². The van der Waals surface area contributed by atoms with Gasteiger partial charge in [-0.15, -0.1) is 0 Å². The van der Waals surface area contributed by atoms with Crippen molar-refractivity contribution in [3.8, 4) is 0 Å². The number of imide groups is 1. The minimum atomic E-state index is -0.743. The molecular weight excluding hydrogens is 489 g/mol. The topological polar surface area (TPSA) is 86.8 Å². The van der Waals surface area contributed by atoms with Gasteiger partial charge in [-0.1, -0.05) is 55.2 Å². The third kappa shape index (κ3) is 6.41. The molecule has 1 aliphatic rings. The molecule has 3 rings (SSSR count). The van der Waals surface area contributed by atoms with E-state index in [0.717, 1.165) is 4.90 Å². The normalized spacial score (nSPS) is 13.7. The molecule has 0 spiro atoms. The van der Waals surface area contributed by atoms with Gasteiger partial charge in [-0.3, -0.25) is 24.1 Å². The number of carbonyl (C=O) groups excluding carboxylic acids is 4. The molecule has 0 bridgehead atoms. The molecule has 0 fully saturated rings. The van der Waals surface area contributed by atoms with Gasteiger partial charge in [0, 0.05) is 36.1 Å². The molecule has 1 aliphatic heterocycles. The molecule has 1 N–H and O–H groups in total. The highest BCUT2D eigenvalue weighted by atomic mass is 35.5. The Kier molecular flexibility index (Phi) is 8.92. The molecule has 2 aromatic carbocycles. The number of amides is 4. The van der Waals surface area contributed by atoms with Gasteiger partial charge in [0.05, 0.1) is 11.1 Å². The molecule has 0 saturated heterocycles. The number of hydrogen-bond donors (Lipinski definition) is 1. The standard InChI is InChI=1S/C26H29Cl2N3O4/c1-16(2)14-29-24(33)17(3)31(15-18-10-11-19(27)13-22(18)28)23(32)9-6-12-30-25(34)20-7-4-5-8-21(20)26(30)35/h4-5,7-8,10-11,13,16-17H,6,9,12,14-15H2,1-3H3,(H,29,33). The quantitative estimate of drug-likeness (QED) is 0.468. The van der Waals surface area contributed by atoms with Gasteiger partial charge in [0.25, 0.3) is 11.8 Å². The van der Waals surface area contributed by atoms with Crippen molar-refractivity contribution in [3.63, 3.8) is 0 Å². The Bertz CT molecular complexity index is 1100. The van der Waals surface area contributed by atoms with E-state index in [0.29, 0.717) is 33.3 Å². The summed E-state index contributed by atoms with van der Waals surface area (Å²) >= 11 is 12.3. The van der Waals surface area contributed by atoms with Crippen LogP contribution in [0, 0.1) is 5.92 Å². The van der Waals surface area contributed by atoms with E-state index in [4.69, 9.17) is 23.2 Å². The first kappa shape index (κ1) is 26.7. The average molecular weight is 518 g/mol. The molecule has 35 heavy (non-hydrogen) atoms. The van der Waals surface area contributed by atoms with Gasteiger partial charge in [-0.05, 0) is 49.1 Å². The Balaban J connectivity index is 1.69. The fourth-order valence-electron chi connectivity index (χ4n) is 3.84. The number of halogens is 2. The largest absolute Gasteiger partial charge is 0.354 e. The number of fused-ring (bicyclic) bond motifs is 1. The first-order valence-electron chi connectivity index (χ1n) is 11.6. The van der Waals surface area contributed by atoms with Gasteiger partial charge >= 0.3 is 0 Å². The highest BCUT2D eigenvalue weighted by Crippen LogP contribution is 2.25. The lowest BCUT2D eigenvalue weighted by atomic mass is 10.1. The Morgan fingerprint density at radius 2 is 1.63 bits per heavy atom. The van der Waals surface area contributed by atoms with Gasteiger partial charge in [-0.25, -0.2) is 0 Å². The van der Waals surface area contributed by atoms with Crippen molar-refractivity contribution in [2.75, 3.05) is 13.1 Å². The van der Waals surface area contributed by atoms with Crippen molar-refractivity contribution in [2.24, 2.45) is 5.92 Å². The molecule has 186 valence electrons. The van der Waals surface area contributed by atoms with Gasteiger partial charge in [0.15, 0.2) is 0 Å². The van der Waals surface area contributed by atoms with Crippen LogP contribution in [0.3, 0.4) is 0 Å². The average Bonchev–Trinajstić information content (AvgIpc) is 3.06. The van der Waals surface area contributed by atoms with E-state index >= 15 is 0 Å². The van der Waals surface area contributed by atoms with Crippen molar-refractivity contribution in [1.29, 1.82) is 0 Å². The molecule has 1 atom stereocenters. The molecule has 1 unspecified atom stereocenters. The SMILES string of the molecule is CC(C)CNC(=O)C(C)N(Cc1ccc(Cl)cc1Cl)C(=O)CCCN1C(=O)c2ccccc2C1=O. The minimum Gasteiger partial charge on any atom is -0.354 e. The zero-order valence-corrected chi connectivity index (χ0v) is 21.5. The molecular formula is C26H29Cl2N3O4.